The number of fused-ring (bicyclic) bond motifs is 5. The summed E-state index contributed by atoms with van der Waals surface area (Å²) in [5.74, 6) is 4.60. The first-order valence-corrected chi connectivity index (χ1v) is 14.8. The van der Waals surface area contributed by atoms with E-state index < -0.39 is 0 Å². The maximum Gasteiger partial charge on any atom is 0.338 e. The molecular formula is C34H48O2. The van der Waals surface area contributed by atoms with Crippen molar-refractivity contribution in [3.8, 4) is 0 Å². The molecule has 2 nitrogen and oxygen atoms in total. The fourth-order valence-electron chi connectivity index (χ4n) is 9.13. The van der Waals surface area contributed by atoms with Crippen LogP contribution in [0.1, 0.15) is 103 Å². The summed E-state index contributed by atoms with van der Waals surface area (Å²) in [7, 11) is 0. The largest absolute Gasteiger partial charge is 0.458 e. The second-order valence-electron chi connectivity index (χ2n) is 13.5. The lowest BCUT2D eigenvalue weighted by Gasteiger charge is -2.58. The van der Waals surface area contributed by atoms with Gasteiger partial charge in [-0.15, -0.1) is 0 Å². The molecule has 8 atom stereocenters. The molecule has 3 saturated carbocycles. The minimum absolute atomic E-state index is 0.0248. The predicted octanol–water partition coefficient (Wildman–Crippen LogP) is 9.03. The highest BCUT2D eigenvalue weighted by molar-refractivity contribution is 5.89. The molecule has 2 heteroatoms. The first-order valence-electron chi connectivity index (χ1n) is 14.8. The van der Waals surface area contributed by atoms with Crippen LogP contribution in [0.2, 0.25) is 0 Å². The van der Waals surface area contributed by atoms with Gasteiger partial charge in [0.2, 0.25) is 0 Å². The van der Waals surface area contributed by atoms with E-state index in [0.29, 0.717) is 22.3 Å². The van der Waals surface area contributed by atoms with Crippen LogP contribution in [-0.2, 0) is 4.74 Å². The third kappa shape index (κ3) is 4.63. The Bertz CT molecular complexity index is 990. The average molecular weight is 489 g/mol. The molecule has 0 aromatic heterocycles. The fraction of sp³-hybridized carbons (Fsp3) is 0.676. The molecule has 1 aromatic carbocycles. The van der Waals surface area contributed by atoms with Gasteiger partial charge in [-0.25, -0.2) is 4.79 Å². The summed E-state index contributed by atoms with van der Waals surface area (Å²) >= 11 is 0. The van der Waals surface area contributed by atoms with Crippen molar-refractivity contribution in [1.82, 2.24) is 0 Å². The SMILES string of the molecule is CC(C)C/C=C/[C@@H](C)[C@H]1CC[C@H]2[C@@H]3CC=C4C[C@@H](OC(=O)c5ccccc5)CC[C@]4(C)[C@H]3CC[C@]12C. The molecule has 0 bridgehead atoms. The molecule has 0 heterocycles. The zero-order valence-electron chi connectivity index (χ0n) is 23.3. The van der Waals surface area contributed by atoms with Gasteiger partial charge in [0.1, 0.15) is 6.10 Å². The highest BCUT2D eigenvalue weighted by Crippen LogP contribution is 2.67. The lowest BCUT2D eigenvalue weighted by molar-refractivity contribution is -0.0565. The molecule has 0 aliphatic heterocycles. The molecule has 4 aliphatic carbocycles. The Morgan fingerprint density at radius 1 is 1.03 bits per heavy atom. The van der Waals surface area contributed by atoms with E-state index in [9.17, 15) is 4.79 Å². The first-order chi connectivity index (χ1) is 17.2. The molecule has 5 rings (SSSR count). The van der Waals surface area contributed by atoms with Crippen LogP contribution in [0.25, 0.3) is 0 Å². The molecule has 0 unspecified atom stereocenters. The number of hydrogen-bond acceptors (Lipinski definition) is 2. The van der Waals surface area contributed by atoms with Crippen molar-refractivity contribution in [1.29, 1.82) is 0 Å². The Morgan fingerprint density at radius 2 is 1.81 bits per heavy atom. The summed E-state index contributed by atoms with van der Waals surface area (Å²) in [6, 6.07) is 9.47. The van der Waals surface area contributed by atoms with Crippen LogP contribution in [0.3, 0.4) is 0 Å². The monoisotopic (exact) mass is 488 g/mol. The van der Waals surface area contributed by atoms with E-state index in [1.807, 2.05) is 30.3 Å². The number of ether oxygens (including phenoxy) is 1. The highest BCUT2D eigenvalue weighted by atomic mass is 16.5. The molecule has 0 saturated heterocycles. The molecule has 0 radical (unpaired) electrons. The summed E-state index contributed by atoms with van der Waals surface area (Å²) in [4.78, 5) is 12.7. The van der Waals surface area contributed by atoms with Crippen molar-refractivity contribution in [2.75, 3.05) is 0 Å². The van der Waals surface area contributed by atoms with E-state index in [1.165, 1.54) is 38.5 Å². The van der Waals surface area contributed by atoms with Gasteiger partial charge in [0, 0.05) is 6.42 Å². The Hall–Kier alpha value is -1.83. The summed E-state index contributed by atoms with van der Waals surface area (Å²) in [6.45, 7) is 12.3. The lowest BCUT2D eigenvalue weighted by Crippen LogP contribution is -2.51. The van der Waals surface area contributed by atoms with Crippen LogP contribution in [0.4, 0.5) is 0 Å². The van der Waals surface area contributed by atoms with Crippen molar-refractivity contribution in [2.24, 2.45) is 46.3 Å². The highest BCUT2D eigenvalue weighted by Gasteiger charge is 2.59. The van der Waals surface area contributed by atoms with Gasteiger partial charge in [-0.05, 0) is 110 Å². The zero-order valence-corrected chi connectivity index (χ0v) is 23.3. The topological polar surface area (TPSA) is 26.3 Å². The van der Waals surface area contributed by atoms with Gasteiger partial charge in [-0.3, -0.25) is 0 Å². The summed E-state index contributed by atoms with van der Waals surface area (Å²) in [5, 5.41) is 0. The predicted molar refractivity (Wildman–Crippen MR) is 149 cm³/mol. The molecular weight excluding hydrogens is 440 g/mol. The Labute approximate surface area is 220 Å². The molecule has 196 valence electrons. The van der Waals surface area contributed by atoms with Crippen molar-refractivity contribution in [3.63, 3.8) is 0 Å². The molecule has 1 aromatic rings. The molecule has 0 spiro atoms. The van der Waals surface area contributed by atoms with Gasteiger partial charge in [0.25, 0.3) is 0 Å². The molecule has 4 aliphatic rings. The van der Waals surface area contributed by atoms with E-state index in [-0.39, 0.29) is 12.1 Å². The van der Waals surface area contributed by atoms with Crippen molar-refractivity contribution < 1.29 is 9.53 Å². The molecule has 36 heavy (non-hydrogen) atoms. The first kappa shape index (κ1) is 25.8. The van der Waals surface area contributed by atoms with Crippen LogP contribution in [-0.4, -0.2) is 12.1 Å². The number of carbonyl (C=O) groups is 1. The molecule has 0 amide bonds. The van der Waals surface area contributed by atoms with Crippen molar-refractivity contribution in [2.45, 2.75) is 98.5 Å². The number of benzene rings is 1. The average Bonchev–Trinajstić information content (AvgIpc) is 3.22. The van der Waals surface area contributed by atoms with Crippen LogP contribution in [0.5, 0.6) is 0 Å². The number of rotatable bonds is 6. The van der Waals surface area contributed by atoms with E-state index in [2.05, 4.69) is 52.8 Å². The lowest BCUT2D eigenvalue weighted by atomic mass is 9.47. The summed E-state index contributed by atoms with van der Waals surface area (Å²) in [5.41, 5.74) is 3.04. The Balaban J connectivity index is 1.27. The van der Waals surface area contributed by atoms with Crippen LogP contribution in [0.15, 0.2) is 54.1 Å². The number of carbonyl (C=O) groups excluding carboxylic acids is 1. The van der Waals surface area contributed by atoms with Crippen LogP contribution >= 0.6 is 0 Å². The smallest absolute Gasteiger partial charge is 0.338 e. The summed E-state index contributed by atoms with van der Waals surface area (Å²) < 4.78 is 5.99. The van der Waals surface area contributed by atoms with E-state index in [1.54, 1.807) is 5.57 Å². The zero-order chi connectivity index (χ0) is 25.5. The van der Waals surface area contributed by atoms with Gasteiger partial charge >= 0.3 is 5.97 Å². The second kappa shape index (κ2) is 10.1. The van der Waals surface area contributed by atoms with Crippen molar-refractivity contribution in [3.05, 3.63) is 59.7 Å². The maximum atomic E-state index is 12.7. The molecule has 3 fully saturated rings. The third-order valence-corrected chi connectivity index (χ3v) is 11.1. The van der Waals surface area contributed by atoms with Crippen LogP contribution < -0.4 is 0 Å². The Kier molecular flexibility index (Phi) is 7.27. The number of esters is 1. The van der Waals surface area contributed by atoms with Gasteiger partial charge in [-0.1, -0.05) is 76.6 Å². The number of allylic oxidation sites excluding steroid dienone is 3. The minimum atomic E-state index is -0.166. The van der Waals surface area contributed by atoms with E-state index in [0.717, 1.165) is 48.9 Å². The summed E-state index contributed by atoms with van der Waals surface area (Å²) in [6.07, 6.45) is 18.7. The fourth-order valence-corrected chi connectivity index (χ4v) is 9.13. The standard InChI is InChI=1S/C34H48O2/c1-23(2)10-9-11-24(3)29-16-17-30-28-15-14-26-22-27(36-32(35)25-12-7-6-8-13-25)18-20-33(26,4)31(28)19-21-34(29,30)5/h6-9,11-14,23-24,27-31H,10,15-22H2,1-5H3/b11-9+/t24-,27+,28+,29-,30+,31+,33+,34-/m1/s1. The van der Waals surface area contributed by atoms with E-state index >= 15 is 0 Å². The Morgan fingerprint density at radius 3 is 2.56 bits per heavy atom. The van der Waals surface area contributed by atoms with Crippen molar-refractivity contribution >= 4 is 5.97 Å². The number of hydrogen-bond donors (Lipinski definition) is 0. The quantitative estimate of drug-likeness (QED) is 0.295. The van der Waals surface area contributed by atoms with E-state index in [4.69, 9.17) is 4.74 Å². The van der Waals surface area contributed by atoms with Gasteiger partial charge in [0.05, 0.1) is 5.56 Å². The van der Waals surface area contributed by atoms with Gasteiger partial charge < -0.3 is 4.74 Å². The second-order valence-corrected chi connectivity index (χ2v) is 13.5. The maximum absolute atomic E-state index is 12.7. The third-order valence-electron chi connectivity index (χ3n) is 11.1. The van der Waals surface area contributed by atoms with Crippen LogP contribution in [0, 0.1) is 46.3 Å². The van der Waals surface area contributed by atoms with Gasteiger partial charge in [0.15, 0.2) is 0 Å². The normalized spacial score (nSPS) is 38.7. The molecule has 0 N–H and O–H groups in total. The van der Waals surface area contributed by atoms with Gasteiger partial charge in [-0.2, -0.15) is 0 Å². The minimum Gasteiger partial charge on any atom is -0.458 e.